The second-order valence-corrected chi connectivity index (χ2v) is 5.58. The summed E-state index contributed by atoms with van der Waals surface area (Å²) >= 11 is 0. The van der Waals surface area contributed by atoms with Gasteiger partial charge in [0.25, 0.3) is 0 Å². The lowest BCUT2D eigenvalue weighted by Crippen LogP contribution is -2.28. The van der Waals surface area contributed by atoms with Crippen LogP contribution < -0.4 is 10.2 Å². The fourth-order valence-electron chi connectivity index (χ4n) is 2.45. The lowest BCUT2D eigenvalue weighted by atomic mass is 10.1. The Morgan fingerprint density at radius 3 is 2.76 bits per heavy atom. The molecule has 2 aromatic heterocycles. The molecular weight excluding hydrogens is 324 g/mol. The van der Waals surface area contributed by atoms with Crippen molar-refractivity contribution in [2.45, 2.75) is 26.9 Å². The van der Waals surface area contributed by atoms with Gasteiger partial charge in [-0.3, -0.25) is 4.79 Å². The second kappa shape index (κ2) is 6.84. The summed E-state index contributed by atoms with van der Waals surface area (Å²) < 4.78 is 21.7. The van der Waals surface area contributed by atoms with Gasteiger partial charge < -0.3 is 18.3 Å². The summed E-state index contributed by atoms with van der Waals surface area (Å²) in [6.45, 7) is 5.32. The summed E-state index contributed by atoms with van der Waals surface area (Å²) in [4.78, 5) is 24.8. The van der Waals surface area contributed by atoms with Crippen molar-refractivity contribution in [2.75, 3.05) is 6.61 Å². The number of esters is 1. The molecule has 1 atom stereocenters. The zero-order valence-electron chi connectivity index (χ0n) is 14.2. The Morgan fingerprint density at radius 2 is 2.08 bits per heavy atom. The normalized spacial score (nSPS) is 12.1. The summed E-state index contributed by atoms with van der Waals surface area (Å²) in [5, 5.41) is 0.376. The first kappa shape index (κ1) is 16.8. The van der Waals surface area contributed by atoms with Crippen LogP contribution >= 0.6 is 0 Å². The molecule has 6 heteroatoms. The van der Waals surface area contributed by atoms with Crippen molar-refractivity contribution in [3.63, 3.8) is 0 Å². The average molecular weight is 342 g/mol. The Balaban J connectivity index is 2.17. The van der Waals surface area contributed by atoms with E-state index in [-0.39, 0.29) is 23.5 Å². The number of furan rings is 1. The minimum Gasteiger partial charge on any atom is -0.471 e. The van der Waals surface area contributed by atoms with Crippen molar-refractivity contribution in [2.24, 2.45) is 0 Å². The molecule has 0 saturated heterocycles. The van der Waals surface area contributed by atoms with Crippen LogP contribution in [0.4, 0.5) is 0 Å². The number of carbonyl (C=O) groups excluding carboxylic acids is 1. The van der Waals surface area contributed by atoms with E-state index in [0.29, 0.717) is 16.7 Å². The zero-order valence-corrected chi connectivity index (χ0v) is 14.2. The predicted octanol–water partition coefficient (Wildman–Crippen LogP) is 3.69. The van der Waals surface area contributed by atoms with Gasteiger partial charge in [-0.1, -0.05) is 11.6 Å². The minimum atomic E-state index is -0.959. The van der Waals surface area contributed by atoms with Crippen molar-refractivity contribution in [3.8, 4) is 17.3 Å². The Hall–Kier alpha value is -3.02. The molecule has 0 bridgehead atoms. The molecule has 1 aromatic carbocycles. The maximum absolute atomic E-state index is 12.9. The third-order valence-corrected chi connectivity index (χ3v) is 3.66. The fraction of sp³-hybridized carbons (Fsp3) is 0.263. The van der Waals surface area contributed by atoms with E-state index in [1.54, 1.807) is 31.2 Å². The van der Waals surface area contributed by atoms with Crippen LogP contribution in [-0.2, 0) is 9.53 Å². The highest BCUT2D eigenvalue weighted by Crippen LogP contribution is 2.32. The number of hydrogen-bond acceptors (Lipinski definition) is 6. The van der Waals surface area contributed by atoms with Gasteiger partial charge in [0.05, 0.1) is 18.3 Å². The van der Waals surface area contributed by atoms with E-state index in [1.165, 1.54) is 13.2 Å². The summed E-state index contributed by atoms with van der Waals surface area (Å²) in [6.07, 6.45) is 0.506. The van der Waals surface area contributed by atoms with Crippen LogP contribution in [0.3, 0.4) is 0 Å². The molecule has 0 spiro atoms. The number of hydrogen-bond donors (Lipinski definition) is 0. The van der Waals surface area contributed by atoms with E-state index < -0.39 is 12.1 Å². The fourth-order valence-corrected chi connectivity index (χ4v) is 2.45. The molecule has 130 valence electrons. The lowest BCUT2D eigenvalue weighted by molar-refractivity contribution is -0.150. The van der Waals surface area contributed by atoms with Crippen molar-refractivity contribution in [3.05, 3.63) is 52.4 Å². The highest BCUT2D eigenvalue weighted by Gasteiger charge is 2.24. The van der Waals surface area contributed by atoms with E-state index in [1.807, 2.05) is 13.0 Å². The first-order valence-corrected chi connectivity index (χ1v) is 7.96. The summed E-state index contributed by atoms with van der Waals surface area (Å²) in [6, 6.07) is 8.61. The molecule has 0 amide bonds. The van der Waals surface area contributed by atoms with Crippen LogP contribution in [0.1, 0.15) is 19.4 Å². The first-order chi connectivity index (χ1) is 12.0. The summed E-state index contributed by atoms with van der Waals surface area (Å²) in [5.74, 6) is -0.154. The van der Waals surface area contributed by atoms with Gasteiger partial charge in [-0.25, -0.2) is 4.79 Å². The zero-order chi connectivity index (χ0) is 18.0. The third kappa shape index (κ3) is 3.28. The summed E-state index contributed by atoms with van der Waals surface area (Å²) in [5.41, 5.74) is 0.959. The molecule has 0 aliphatic carbocycles. The second-order valence-electron chi connectivity index (χ2n) is 5.58. The average Bonchev–Trinajstić information content (AvgIpc) is 3.12. The monoisotopic (exact) mass is 342 g/mol. The molecule has 0 radical (unpaired) electrons. The summed E-state index contributed by atoms with van der Waals surface area (Å²) in [7, 11) is 0. The molecule has 0 fully saturated rings. The van der Waals surface area contributed by atoms with Gasteiger partial charge in [0, 0.05) is 0 Å². The Kier molecular flexibility index (Phi) is 4.61. The maximum atomic E-state index is 12.9. The predicted molar refractivity (Wildman–Crippen MR) is 91.6 cm³/mol. The smallest absolute Gasteiger partial charge is 0.347 e. The minimum absolute atomic E-state index is 0.0754. The number of carbonyl (C=O) groups is 1. The van der Waals surface area contributed by atoms with E-state index in [2.05, 4.69) is 0 Å². The maximum Gasteiger partial charge on any atom is 0.347 e. The van der Waals surface area contributed by atoms with Gasteiger partial charge in [0.15, 0.2) is 11.9 Å². The third-order valence-electron chi connectivity index (χ3n) is 3.66. The molecule has 0 saturated carbocycles. The van der Waals surface area contributed by atoms with Crippen LogP contribution in [0.25, 0.3) is 22.5 Å². The molecule has 3 aromatic rings. The van der Waals surface area contributed by atoms with Gasteiger partial charge in [-0.15, -0.1) is 0 Å². The van der Waals surface area contributed by atoms with E-state index in [0.717, 1.165) is 5.56 Å². The molecule has 0 aliphatic heterocycles. The van der Waals surface area contributed by atoms with E-state index in [9.17, 15) is 9.59 Å². The molecular formula is C19H18O6. The molecule has 2 heterocycles. The molecule has 25 heavy (non-hydrogen) atoms. The van der Waals surface area contributed by atoms with Gasteiger partial charge in [0.1, 0.15) is 5.58 Å². The van der Waals surface area contributed by atoms with Crippen LogP contribution in [0, 0.1) is 6.92 Å². The van der Waals surface area contributed by atoms with Crippen LogP contribution in [0.15, 0.2) is 50.2 Å². The van der Waals surface area contributed by atoms with Crippen molar-refractivity contribution < 1.29 is 23.1 Å². The number of rotatable bonds is 5. The van der Waals surface area contributed by atoms with Gasteiger partial charge >= 0.3 is 5.97 Å². The number of aryl methyl sites for hydroxylation is 1. The number of benzene rings is 1. The van der Waals surface area contributed by atoms with Gasteiger partial charge in [-0.2, -0.15) is 0 Å². The molecule has 1 unspecified atom stereocenters. The van der Waals surface area contributed by atoms with Gasteiger partial charge in [-0.05, 0) is 45.0 Å². The van der Waals surface area contributed by atoms with Gasteiger partial charge in [0.2, 0.25) is 16.9 Å². The van der Waals surface area contributed by atoms with Crippen molar-refractivity contribution in [1.29, 1.82) is 0 Å². The molecule has 0 N–H and O–H groups in total. The first-order valence-electron chi connectivity index (χ1n) is 7.96. The quantitative estimate of drug-likeness (QED) is 0.658. The lowest BCUT2D eigenvalue weighted by Gasteiger charge is -2.15. The van der Waals surface area contributed by atoms with Crippen LogP contribution in [-0.4, -0.2) is 18.7 Å². The SMILES string of the molecule is CCOC(=O)C(C)Oc1c(-c2ccco2)oc2ccc(C)cc2c1=O. The largest absolute Gasteiger partial charge is 0.471 e. The topological polar surface area (TPSA) is 78.9 Å². The Bertz CT molecular complexity index is 952. The number of ether oxygens (including phenoxy) is 2. The number of fused-ring (bicyclic) bond motifs is 1. The van der Waals surface area contributed by atoms with Crippen molar-refractivity contribution >= 4 is 16.9 Å². The van der Waals surface area contributed by atoms with Crippen molar-refractivity contribution in [1.82, 2.24) is 0 Å². The van der Waals surface area contributed by atoms with Crippen LogP contribution in [0.5, 0.6) is 5.75 Å². The highest BCUT2D eigenvalue weighted by molar-refractivity contribution is 5.82. The van der Waals surface area contributed by atoms with E-state index >= 15 is 0 Å². The molecule has 6 nitrogen and oxygen atoms in total. The van der Waals surface area contributed by atoms with Crippen LogP contribution in [0.2, 0.25) is 0 Å². The molecule has 3 rings (SSSR count). The Labute approximate surface area is 144 Å². The standard InChI is InChI=1S/C19H18O6/c1-4-22-19(21)12(3)24-18-16(20)13-10-11(2)7-8-14(13)25-17(18)15-6-5-9-23-15/h5-10,12H,4H2,1-3H3. The Morgan fingerprint density at radius 1 is 1.28 bits per heavy atom. The molecule has 0 aliphatic rings. The van der Waals surface area contributed by atoms with E-state index in [4.69, 9.17) is 18.3 Å². The highest BCUT2D eigenvalue weighted by atomic mass is 16.6.